The first kappa shape index (κ1) is 55.8. The van der Waals surface area contributed by atoms with Crippen molar-refractivity contribution in [2.45, 2.75) is 99.4 Å². The van der Waals surface area contributed by atoms with Gasteiger partial charge in [-0.1, -0.05) is 113 Å². The first-order valence-corrected chi connectivity index (χ1v) is 25.2. The van der Waals surface area contributed by atoms with Crippen LogP contribution in [0.1, 0.15) is 123 Å². The second kappa shape index (κ2) is 28.7. The molecular weight excluding hydrogens is 909 g/mol. The zero-order chi connectivity index (χ0) is 52.0. The summed E-state index contributed by atoms with van der Waals surface area (Å²) in [7, 11) is 3.28. The molecule has 2 aliphatic heterocycles. The molecule has 0 aliphatic carbocycles. The molecule has 2 fully saturated rings. The Labute approximate surface area is 430 Å². The lowest BCUT2D eigenvalue weighted by Gasteiger charge is -2.39. The van der Waals surface area contributed by atoms with Crippen LogP contribution in [-0.4, -0.2) is 96.4 Å². The topological polar surface area (TPSA) is 142 Å². The molecule has 0 bridgehead atoms. The van der Waals surface area contributed by atoms with Crippen molar-refractivity contribution in [3.05, 3.63) is 166 Å². The molecule has 2 aliphatic rings. The van der Waals surface area contributed by atoms with Crippen LogP contribution in [0.5, 0.6) is 34.5 Å². The molecule has 1 atom stereocenters. The van der Waals surface area contributed by atoms with Crippen molar-refractivity contribution in [3.63, 3.8) is 0 Å². The Hall–Kier alpha value is -7.12. The third kappa shape index (κ3) is 15.7. The summed E-state index contributed by atoms with van der Waals surface area (Å²) in [6, 6.07) is 35.3. The van der Waals surface area contributed by atoms with Crippen LogP contribution in [0.3, 0.4) is 0 Å². The van der Waals surface area contributed by atoms with Crippen molar-refractivity contribution in [1.29, 1.82) is 0 Å². The number of aromatic nitrogens is 2. The van der Waals surface area contributed by atoms with E-state index in [1.54, 1.807) is 55.8 Å². The number of likely N-dealkylation sites (tertiary alicyclic amines) is 2. The summed E-state index contributed by atoms with van der Waals surface area (Å²) in [5, 5.41) is 9.68. The molecule has 0 saturated carbocycles. The summed E-state index contributed by atoms with van der Waals surface area (Å²) in [6.07, 6.45) is 4.17. The fourth-order valence-corrected chi connectivity index (χ4v) is 7.61. The number of carbonyl (C=O) groups excluding carboxylic acids is 2. The van der Waals surface area contributed by atoms with E-state index in [0.29, 0.717) is 98.3 Å². The lowest BCUT2D eigenvalue weighted by molar-refractivity contribution is 0.0589. The number of methoxy groups -OCH3 is 2. The maximum atomic E-state index is 12.9. The molecule has 13 nitrogen and oxygen atoms in total. The summed E-state index contributed by atoms with van der Waals surface area (Å²) in [5.74, 6) is 4.27. The second-order valence-electron chi connectivity index (χ2n) is 17.2. The van der Waals surface area contributed by atoms with Gasteiger partial charge in [-0.15, -0.1) is 0 Å². The van der Waals surface area contributed by atoms with Gasteiger partial charge in [0, 0.05) is 65.4 Å². The van der Waals surface area contributed by atoms with E-state index in [0.717, 1.165) is 28.7 Å². The van der Waals surface area contributed by atoms with Crippen LogP contribution in [0.15, 0.2) is 122 Å². The molecule has 1 unspecified atom stereocenters. The zero-order valence-electron chi connectivity index (χ0n) is 43.9. The average molecular weight is 991 g/mol. The quantitative estimate of drug-likeness (QED) is 0.0829. The molecule has 1 N–H and O–H groups in total. The normalized spacial score (nSPS) is 13.2. The smallest absolute Gasteiger partial charge is 0.272 e. The Bertz CT molecular complexity index is 2610. The predicted molar refractivity (Wildman–Crippen MR) is 287 cm³/mol. The SMILES string of the molecule is CC.CC.CCC(O)COc1ccnc(C(=O)N2CC(c3ccc(OCc4ccc(C)cc4)c(OC)c3)C2)c1.CCCOc1ccnc(C(=O)N2CC(c3ccc(OCc4ccc(C)cc4)c(OC)c3)C2)c1.[3HH].[3HH]. The molecule has 4 aromatic carbocycles. The molecule has 13 heteroatoms. The van der Waals surface area contributed by atoms with E-state index in [9.17, 15) is 14.7 Å². The van der Waals surface area contributed by atoms with Crippen molar-refractivity contribution < 1.29 is 46.0 Å². The number of hydrogen-bond acceptors (Lipinski definition) is 11. The van der Waals surface area contributed by atoms with Crippen molar-refractivity contribution in [1.82, 2.24) is 19.8 Å². The number of aliphatic hydroxyl groups is 1. The molecule has 72 heavy (non-hydrogen) atoms. The number of aliphatic hydroxyl groups excluding tert-OH is 1. The predicted octanol–water partition coefficient (Wildman–Crippen LogP) is 11.9. The number of carbonyl (C=O) groups is 2. The van der Waals surface area contributed by atoms with Crippen LogP contribution in [0.2, 0.25) is 0 Å². The number of nitrogens with zero attached hydrogens (tertiary/aromatic N) is 4. The number of aryl methyl sites for hydroxylation is 2. The summed E-state index contributed by atoms with van der Waals surface area (Å²) in [4.78, 5) is 37.7. The number of hydrogen-bond donors (Lipinski definition) is 1. The number of ether oxygens (including phenoxy) is 6. The molecular formula is C59H78N4O9. The van der Waals surface area contributed by atoms with E-state index in [4.69, 9.17) is 28.4 Å². The summed E-state index contributed by atoms with van der Waals surface area (Å²) in [5.41, 5.74) is 7.63. The monoisotopic (exact) mass is 991 g/mol. The average Bonchev–Trinajstić information content (AvgIpc) is 3.40. The van der Waals surface area contributed by atoms with Crippen LogP contribution in [-0.2, 0) is 13.2 Å². The summed E-state index contributed by atoms with van der Waals surface area (Å²) < 4.78 is 34.3. The minimum absolute atomic E-state index is 0. The fourth-order valence-electron chi connectivity index (χ4n) is 7.61. The molecule has 2 aromatic heterocycles. The minimum Gasteiger partial charge on any atom is -0.493 e. The Morgan fingerprint density at radius 3 is 1.39 bits per heavy atom. The van der Waals surface area contributed by atoms with E-state index in [1.165, 1.54) is 11.1 Å². The lowest BCUT2D eigenvalue weighted by atomic mass is 9.91. The molecule has 388 valence electrons. The van der Waals surface area contributed by atoms with Gasteiger partial charge in [0.1, 0.15) is 42.7 Å². The number of benzene rings is 4. The highest BCUT2D eigenvalue weighted by Crippen LogP contribution is 2.37. The number of amides is 2. The molecule has 6 aromatic rings. The van der Waals surface area contributed by atoms with Crippen molar-refractivity contribution >= 4 is 11.8 Å². The van der Waals surface area contributed by atoms with E-state index >= 15 is 0 Å². The van der Waals surface area contributed by atoms with Crippen LogP contribution in [0, 0.1) is 13.8 Å². The van der Waals surface area contributed by atoms with Gasteiger partial charge < -0.3 is 43.3 Å². The van der Waals surface area contributed by atoms with Crippen LogP contribution in [0.4, 0.5) is 0 Å². The Kier molecular flexibility index (Phi) is 22.2. The van der Waals surface area contributed by atoms with E-state index in [2.05, 4.69) is 78.4 Å². The Morgan fingerprint density at radius 2 is 1.00 bits per heavy atom. The molecule has 4 heterocycles. The standard InChI is InChI=1S/C28H32N2O5.C27H30N2O4.2C2H6.2H2/c1-4-23(31)18-34-24-11-12-29-25(14-24)28(32)30-15-22(16-30)21-9-10-26(27(13-21)33-3)35-17-20-7-5-19(2)6-8-20;1-4-13-32-23-11-12-28-24(15-23)27(30)29-16-22(17-29)21-9-10-25(26(14-21)31-3)33-18-20-7-5-19(2)6-8-20;2*1-2;;/h5-14,22-23,31H,4,15-18H2,1-3H3;5-12,14-15,22H,4,13,16-18H2,1-3H3;2*1-2H3;2*1H/i;;;;2*1+2. The maximum absolute atomic E-state index is 12.9. The van der Waals surface area contributed by atoms with Crippen molar-refractivity contribution in [3.8, 4) is 34.5 Å². The van der Waals surface area contributed by atoms with Crippen molar-refractivity contribution in [2.24, 2.45) is 0 Å². The lowest BCUT2D eigenvalue weighted by Crippen LogP contribution is -2.48. The van der Waals surface area contributed by atoms with Crippen molar-refractivity contribution in [2.75, 3.05) is 53.6 Å². The van der Waals surface area contributed by atoms with Gasteiger partial charge in [0.2, 0.25) is 0 Å². The molecule has 2 amide bonds. The van der Waals surface area contributed by atoms with E-state index < -0.39 is 6.10 Å². The van der Waals surface area contributed by atoms with Gasteiger partial charge in [-0.2, -0.15) is 0 Å². The van der Waals surface area contributed by atoms with Gasteiger partial charge in [0.25, 0.3) is 11.8 Å². The fraction of sp³-hybridized carbons (Fsp3) is 0.390. The van der Waals surface area contributed by atoms with Crippen LogP contribution >= 0.6 is 0 Å². The molecule has 0 spiro atoms. The third-order valence-electron chi connectivity index (χ3n) is 12.0. The zero-order valence-corrected chi connectivity index (χ0v) is 43.9. The van der Waals surface area contributed by atoms with Gasteiger partial charge in [0.15, 0.2) is 23.0 Å². The van der Waals surface area contributed by atoms with E-state index in [-0.39, 0.29) is 33.1 Å². The molecule has 2 saturated heterocycles. The van der Waals surface area contributed by atoms with E-state index in [1.807, 2.05) is 76.8 Å². The summed E-state index contributed by atoms with van der Waals surface area (Å²) >= 11 is 0. The largest absolute Gasteiger partial charge is 0.493 e. The van der Waals surface area contributed by atoms with Gasteiger partial charge >= 0.3 is 0 Å². The molecule has 8 rings (SSSR count). The third-order valence-corrected chi connectivity index (χ3v) is 12.0. The minimum atomic E-state index is -0.533. The second-order valence-corrected chi connectivity index (χ2v) is 17.2. The Balaban J connectivity index is 0.000000357. The first-order valence-electron chi connectivity index (χ1n) is 25.2. The van der Waals surface area contributed by atoms with Gasteiger partial charge in [-0.25, -0.2) is 0 Å². The van der Waals surface area contributed by atoms with Crippen LogP contribution in [0.25, 0.3) is 0 Å². The van der Waals surface area contributed by atoms with Gasteiger partial charge in [0.05, 0.1) is 26.9 Å². The Morgan fingerprint density at radius 1 is 0.583 bits per heavy atom. The molecule has 0 radical (unpaired) electrons. The highest BCUT2D eigenvalue weighted by molar-refractivity contribution is 5.94. The number of pyridine rings is 2. The number of rotatable bonds is 19. The maximum Gasteiger partial charge on any atom is 0.272 e. The van der Waals surface area contributed by atoms with Gasteiger partial charge in [-0.05, 0) is 85.3 Å². The van der Waals surface area contributed by atoms with Crippen LogP contribution < -0.4 is 28.4 Å². The summed E-state index contributed by atoms with van der Waals surface area (Å²) in [6.45, 7) is 20.3. The highest BCUT2D eigenvalue weighted by Gasteiger charge is 2.35. The first-order chi connectivity index (χ1) is 35.0. The highest BCUT2D eigenvalue weighted by atomic mass is 16.5. The van der Waals surface area contributed by atoms with Gasteiger partial charge in [-0.3, -0.25) is 19.6 Å².